The number of aromatic amines is 1. The molecule has 0 saturated carbocycles. The van der Waals surface area contributed by atoms with E-state index in [4.69, 9.17) is 0 Å². The summed E-state index contributed by atoms with van der Waals surface area (Å²) in [6.45, 7) is 38.0. The number of H-pyrrole nitrogens is 1. The molecule has 0 unspecified atom stereocenters. The van der Waals surface area contributed by atoms with E-state index in [-0.39, 0.29) is 78.7 Å². The summed E-state index contributed by atoms with van der Waals surface area (Å²) in [7, 11) is 0. The largest absolute Gasteiger partial charge is 2.00 e. The molecule has 3 aromatic heterocycles. The van der Waals surface area contributed by atoms with Gasteiger partial charge in [0, 0.05) is 12.4 Å². The molecule has 10 heteroatoms. The SMILES string of the molecule is CC(C)(C)N=Cc1ccc(C=NC(C)(C)C)[nH]1.CC(C)(C)[NH+]=Cc1ccc(C=[NH+]C(C)(C)C)[n-]1.CC(C)(C)[NH+]=Cc1ccc(C=[NH+]C(C)(C)C)[n-]1.[Sr+2]. The Bertz CT molecular complexity index is 1320. The molecule has 3 rings (SSSR count). The molecule has 0 spiro atoms. The zero-order valence-corrected chi connectivity index (χ0v) is 39.4. The standard InChI is InChI=1S/C14H23N3.2C14H22N3.Sr/c3*1-13(2,3)15-9-11-7-8-12(17-11)10-16-14(4,5)6;/h7-10,17H,1-6H3;2*7-10H,1-6H3;/q;2*-1;+2/p+4. The Hall–Kier alpha value is -2.66. The third-order valence-corrected chi connectivity index (χ3v) is 5.89. The van der Waals surface area contributed by atoms with Gasteiger partial charge in [0.25, 0.3) is 0 Å². The van der Waals surface area contributed by atoms with E-state index in [1.165, 1.54) is 0 Å². The summed E-state index contributed by atoms with van der Waals surface area (Å²) in [6, 6.07) is 12.1. The van der Waals surface area contributed by atoms with Gasteiger partial charge in [0.15, 0.2) is 22.2 Å². The molecule has 0 aliphatic rings. The molecular weight excluding hydrogens is 718 g/mol. The predicted molar refractivity (Wildman–Crippen MR) is 224 cm³/mol. The van der Waals surface area contributed by atoms with Crippen molar-refractivity contribution < 1.29 is 20.0 Å². The van der Waals surface area contributed by atoms with Crippen molar-refractivity contribution >= 4 is 82.8 Å². The smallest absolute Gasteiger partial charge is 0.648 e. The molecule has 3 aromatic rings. The zero-order chi connectivity index (χ0) is 39.3. The second-order valence-corrected chi connectivity index (χ2v) is 19.0. The van der Waals surface area contributed by atoms with Crippen LogP contribution in [0.25, 0.3) is 0 Å². The van der Waals surface area contributed by atoms with Gasteiger partial charge in [-0.1, -0.05) is 47.0 Å². The number of rotatable bonds is 6. The van der Waals surface area contributed by atoms with Crippen molar-refractivity contribution in [2.24, 2.45) is 9.98 Å². The Balaban J connectivity index is 0.000000743. The molecule has 52 heavy (non-hydrogen) atoms. The van der Waals surface area contributed by atoms with Crippen LogP contribution in [0.3, 0.4) is 0 Å². The second-order valence-electron chi connectivity index (χ2n) is 19.0. The predicted octanol–water partition coefficient (Wildman–Crippen LogP) is 1.55. The van der Waals surface area contributed by atoms with Gasteiger partial charge in [-0.2, -0.15) is 0 Å². The maximum absolute atomic E-state index is 4.48. The number of hydrogen-bond acceptors (Lipinski definition) is 2. The first-order valence-electron chi connectivity index (χ1n) is 18.0. The Morgan fingerprint density at radius 1 is 0.423 bits per heavy atom. The van der Waals surface area contributed by atoms with Crippen LogP contribution in [0.5, 0.6) is 0 Å². The first-order valence-corrected chi connectivity index (χ1v) is 18.0. The molecule has 0 amide bonds. The summed E-state index contributed by atoms with van der Waals surface area (Å²) >= 11 is 0. The van der Waals surface area contributed by atoms with Gasteiger partial charge in [0.2, 0.25) is 0 Å². The van der Waals surface area contributed by atoms with E-state index in [0.29, 0.717) is 0 Å². The Morgan fingerprint density at radius 2 is 0.654 bits per heavy atom. The van der Waals surface area contributed by atoms with Crippen LogP contribution in [0, 0.1) is 0 Å². The molecule has 0 aliphatic heterocycles. The summed E-state index contributed by atoms with van der Waals surface area (Å²) in [5.41, 5.74) is 6.09. The van der Waals surface area contributed by atoms with Crippen LogP contribution in [-0.2, 0) is 0 Å². The molecule has 0 bridgehead atoms. The summed E-state index contributed by atoms with van der Waals surface area (Å²) in [4.78, 5) is 34.3. The minimum absolute atomic E-state index is 0. The van der Waals surface area contributed by atoms with Crippen molar-refractivity contribution in [3.8, 4) is 0 Å². The molecule has 0 radical (unpaired) electrons. The number of hydrogen-bond donors (Lipinski definition) is 5. The molecule has 5 N–H and O–H groups in total. The molecule has 282 valence electrons. The van der Waals surface area contributed by atoms with Crippen molar-refractivity contribution in [3.63, 3.8) is 0 Å². The Labute approximate surface area is 353 Å². The minimum Gasteiger partial charge on any atom is -0.648 e. The maximum Gasteiger partial charge on any atom is 2.00 e. The van der Waals surface area contributed by atoms with Gasteiger partial charge in [-0.25, -0.2) is 20.0 Å². The van der Waals surface area contributed by atoms with Gasteiger partial charge < -0.3 is 15.0 Å². The molecule has 0 aromatic carbocycles. The van der Waals surface area contributed by atoms with Gasteiger partial charge in [-0.15, -0.1) is 0 Å². The van der Waals surface area contributed by atoms with Crippen LogP contribution in [0.4, 0.5) is 0 Å². The number of nitrogens with zero attached hydrogens (tertiary/aromatic N) is 4. The third-order valence-electron chi connectivity index (χ3n) is 5.89. The van der Waals surface area contributed by atoms with Crippen LogP contribution < -0.4 is 29.9 Å². The minimum atomic E-state index is -0.0369. The number of nitrogens with one attached hydrogen (secondary N) is 5. The zero-order valence-electron chi connectivity index (χ0n) is 35.9. The van der Waals surface area contributed by atoms with Crippen molar-refractivity contribution in [1.29, 1.82) is 0 Å². The summed E-state index contributed by atoms with van der Waals surface area (Å²) < 4.78 is 0. The van der Waals surface area contributed by atoms with E-state index < -0.39 is 0 Å². The normalized spacial score (nSPS) is 13.7. The molecule has 0 fully saturated rings. The monoisotopic (exact) mass is 789 g/mol. The van der Waals surface area contributed by atoms with Crippen molar-refractivity contribution in [3.05, 3.63) is 70.6 Å². The summed E-state index contributed by atoms with van der Waals surface area (Å²) in [6.07, 6.45) is 11.6. The van der Waals surface area contributed by atoms with Crippen LogP contribution in [-0.4, -0.2) is 121 Å². The molecule has 3 heterocycles. The summed E-state index contributed by atoms with van der Waals surface area (Å²) in [5.74, 6) is 0. The van der Waals surface area contributed by atoms with E-state index in [9.17, 15) is 0 Å². The van der Waals surface area contributed by atoms with E-state index in [0.717, 1.165) is 34.2 Å². The maximum atomic E-state index is 4.48. The van der Waals surface area contributed by atoms with Gasteiger partial charge in [0.05, 0.1) is 22.5 Å². The van der Waals surface area contributed by atoms with Crippen molar-refractivity contribution in [2.75, 3.05) is 0 Å². The van der Waals surface area contributed by atoms with Crippen LogP contribution in [0.2, 0.25) is 0 Å². The van der Waals surface area contributed by atoms with Gasteiger partial charge in [0.1, 0.15) is 24.9 Å². The van der Waals surface area contributed by atoms with E-state index in [2.05, 4.69) is 170 Å². The molecular formula is C42H71N9Sr+4. The van der Waals surface area contributed by atoms with E-state index in [1.54, 1.807) is 0 Å². The van der Waals surface area contributed by atoms with Gasteiger partial charge in [-0.05, 0) is 137 Å². The van der Waals surface area contributed by atoms with Crippen molar-refractivity contribution in [2.45, 2.75) is 158 Å². The van der Waals surface area contributed by atoms with Crippen LogP contribution in [0.1, 0.15) is 159 Å². The molecule has 0 saturated heterocycles. The number of aromatic nitrogens is 3. The average Bonchev–Trinajstić information content (AvgIpc) is 3.70. The topological polar surface area (TPSA) is 125 Å². The third kappa shape index (κ3) is 27.9. The van der Waals surface area contributed by atoms with Gasteiger partial charge >= 0.3 is 45.5 Å². The fourth-order valence-corrected chi connectivity index (χ4v) is 3.38. The fourth-order valence-electron chi connectivity index (χ4n) is 3.38. The first kappa shape index (κ1) is 49.3. The van der Waals surface area contributed by atoms with Crippen LogP contribution in [0.15, 0.2) is 46.4 Å². The molecule has 9 nitrogen and oxygen atoms in total. The number of aliphatic imine (C=N–C) groups is 2. The summed E-state index contributed by atoms with van der Waals surface area (Å²) in [5, 5.41) is 0. The van der Waals surface area contributed by atoms with E-state index in [1.807, 2.05) is 73.7 Å². The molecule has 0 atom stereocenters. The fraction of sp³-hybridized carbons (Fsp3) is 0.571. The average molecular weight is 790 g/mol. The second kappa shape index (κ2) is 20.7. The Kier molecular flexibility index (Phi) is 19.6. The first-order chi connectivity index (χ1) is 23.0. The van der Waals surface area contributed by atoms with E-state index >= 15 is 0 Å². The van der Waals surface area contributed by atoms with Crippen molar-refractivity contribution in [1.82, 2.24) is 15.0 Å². The molecule has 0 aliphatic carbocycles. The van der Waals surface area contributed by atoms with Gasteiger partial charge in [-0.3, -0.25) is 9.98 Å². The Morgan fingerprint density at radius 3 is 0.846 bits per heavy atom. The quantitative estimate of drug-likeness (QED) is 0.192. The van der Waals surface area contributed by atoms with Crippen LogP contribution >= 0.6 is 0 Å².